The SMILES string of the molecule is O=C(O)CONC(=O)c1cn(CCNC(=O)OCC2c3ccccc3-c3ccccc32)nn1. The molecule has 1 aliphatic carbocycles. The van der Waals surface area contributed by atoms with E-state index < -0.39 is 24.6 Å². The second kappa shape index (κ2) is 9.92. The monoisotopic (exact) mass is 451 g/mol. The summed E-state index contributed by atoms with van der Waals surface area (Å²) in [5.74, 6) is -1.98. The second-order valence-corrected chi connectivity index (χ2v) is 7.23. The zero-order chi connectivity index (χ0) is 23.2. The molecule has 2 aromatic carbocycles. The summed E-state index contributed by atoms with van der Waals surface area (Å²) in [6, 6.07) is 16.2. The van der Waals surface area contributed by atoms with E-state index in [-0.39, 0.29) is 31.3 Å². The second-order valence-electron chi connectivity index (χ2n) is 7.23. The Morgan fingerprint density at radius 3 is 2.36 bits per heavy atom. The van der Waals surface area contributed by atoms with Crippen LogP contribution in [0, 0.1) is 0 Å². The van der Waals surface area contributed by atoms with Gasteiger partial charge < -0.3 is 15.2 Å². The average Bonchev–Trinajstić information content (AvgIpc) is 3.40. The van der Waals surface area contributed by atoms with Gasteiger partial charge >= 0.3 is 12.1 Å². The van der Waals surface area contributed by atoms with Crippen LogP contribution in [0.25, 0.3) is 11.1 Å². The summed E-state index contributed by atoms with van der Waals surface area (Å²) in [6.07, 6.45) is 0.788. The van der Waals surface area contributed by atoms with Crippen molar-refractivity contribution in [1.82, 2.24) is 25.8 Å². The molecule has 1 heterocycles. The minimum absolute atomic E-state index is 0.0251. The van der Waals surface area contributed by atoms with Gasteiger partial charge in [-0.25, -0.2) is 19.8 Å². The van der Waals surface area contributed by atoms with Crippen molar-refractivity contribution in [2.75, 3.05) is 19.8 Å². The zero-order valence-corrected chi connectivity index (χ0v) is 17.4. The van der Waals surface area contributed by atoms with E-state index in [4.69, 9.17) is 9.84 Å². The Bertz CT molecular complexity index is 1130. The molecule has 0 radical (unpaired) electrons. The van der Waals surface area contributed by atoms with Gasteiger partial charge in [-0.05, 0) is 22.3 Å². The number of benzene rings is 2. The molecule has 0 unspecified atom stereocenters. The van der Waals surface area contributed by atoms with E-state index in [2.05, 4.69) is 32.6 Å². The van der Waals surface area contributed by atoms with Crippen molar-refractivity contribution >= 4 is 18.0 Å². The molecule has 0 bridgehead atoms. The largest absolute Gasteiger partial charge is 0.479 e. The Kier molecular flexibility index (Phi) is 6.60. The number of carboxylic acid groups (broad SMARTS) is 1. The predicted octanol–water partition coefficient (Wildman–Crippen LogP) is 1.56. The first-order valence-electron chi connectivity index (χ1n) is 10.2. The summed E-state index contributed by atoms with van der Waals surface area (Å²) in [5, 5.41) is 18.6. The molecule has 11 nitrogen and oxygen atoms in total. The van der Waals surface area contributed by atoms with E-state index in [9.17, 15) is 14.4 Å². The smallest absolute Gasteiger partial charge is 0.407 e. The maximum atomic E-state index is 12.2. The quantitative estimate of drug-likeness (QED) is 0.416. The normalized spacial score (nSPS) is 12.0. The van der Waals surface area contributed by atoms with E-state index in [0.717, 1.165) is 22.3 Å². The summed E-state index contributed by atoms with van der Waals surface area (Å²) in [7, 11) is 0. The lowest BCUT2D eigenvalue weighted by molar-refractivity contribution is -0.144. The van der Waals surface area contributed by atoms with Crippen LogP contribution in [0.4, 0.5) is 4.79 Å². The number of aromatic nitrogens is 3. The Hall–Kier alpha value is -4.25. The molecule has 1 aliphatic rings. The summed E-state index contributed by atoms with van der Waals surface area (Å²) in [4.78, 5) is 38.8. The maximum absolute atomic E-state index is 12.2. The number of carbonyl (C=O) groups is 3. The van der Waals surface area contributed by atoms with Crippen LogP contribution in [-0.2, 0) is 20.9 Å². The van der Waals surface area contributed by atoms with Crippen molar-refractivity contribution in [2.24, 2.45) is 0 Å². The molecule has 4 rings (SSSR count). The number of nitrogens with zero attached hydrogens (tertiary/aromatic N) is 3. The third-order valence-corrected chi connectivity index (χ3v) is 5.09. The number of hydroxylamine groups is 1. The van der Waals surface area contributed by atoms with Gasteiger partial charge in [-0.1, -0.05) is 53.7 Å². The van der Waals surface area contributed by atoms with Crippen molar-refractivity contribution in [3.05, 3.63) is 71.5 Å². The molecule has 33 heavy (non-hydrogen) atoms. The number of amides is 2. The highest BCUT2D eigenvalue weighted by molar-refractivity contribution is 5.91. The van der Waals surface area contributed by atoms with Crippen LogP contribution in [0.5, 0.6) is 0 Å². The van der Waals surface area contributed by atoms with Crippen LogP contribution >= 0.6 is 0 Å². The molecule has 3 N–H and O–H groups in total. The van der Waals surface area contributed by atoms with Crippen LogP contribution in [0.15, 0.2) is 54.7 Å². The molecular formula is C22H21N5O6. The van der Waals surface area contributed by atoms with Gasteiger partial charge in [0.25, 0.3) is 5.91 Å². The van der Waals surface area contributed by atoms with Gasteiger partial charge in [-0.15, -0.1) is 5.10 Å². The number of carbonyl (C=O) groups excluding carboxylic acids is 2. The Balaban J connectivity index is 1.24. The highest BCUT2D eigenvalue weighted by Gasteiger charge is 2.28. The first-order valence-corrected chi connectivity index (χ1v) is 10.2. The summed E-state index contributed by atoms with van der Waals surface area (Å²) in [5.41, 5.74) is 6.47. The van der Waals surface area contributed by atoms with Gasteiger partial charge in [0.1, 0.15) is 6.61 Å². The van der Waals surface area contributed by atoms with E-state index in [1.165, 1.54) is 10.9 Å². The van der Waals surface area contributed by atoms with E-state index in [1.807, 2.05) is 41.9 Å². The Morgan fingerprint density at radius 2 is 1.70 bits per heavy atom. The Labute approximate surface area is 188 Å². The van der Waals surface area contributed by atoms with Gasteiger partial charge in [0.15, 0.2) is 12.3 Å². The van der Waals surface area contributed by atoms with Crippen LogP contribution in [0.2, 0.25) is 0 Å². The minimum atomic E-state index is -1.22. The summed E-state index contributed by atoms with van der Waals surface area (Å²) >= 11 is 0. The molecule has 170 valence electrons. The molecule has 0 aliphatic heterocycles. The fourth-order valence-electron chi connectivity index (χ4n) is 3.65. The van der Waals surface area contributed by atoms with Gasteiger partial charge in [-0.3, -0.25) is 9.63 Å². The first-order chi connectivity index (χ1) is 16.0. The number of fused-ring (bicyclic) bond motifs is 3. The lowest BCUT2D eigenvalue weighted by atomic mass is 9.98. The molecule has 3 aromatic rings. The molecule has 0 saturated carbocycles. The fourth-order valence-corrected chi connectivity index (χ4v) is 3.65. The van der Waals surface area contributed by atoms with Crippen LogP contribution in [0.1, 0.15) is 27.5 Å². The predicted molar refractivity (Wildman–Crippen MR) is 114 cm³/mol. The Morgan fingerprint density at radius 1 is 1.03 bits per heavy atom. The van der Waals surface area contributed by atoms with Crippen molar-refractivity contribution in [3.63, 3.8) is 0 Å². The summed E-state index contributed by atoms with van der Waals surface area (Å²) in [6.45, 7) is -0.00908. The topological polar surface area (TPSA) is 145 Å². The summed E-state index contributed by atoms with van der Waals surface area (Å²) < 4.78 is 6.82. The number of carboxylic acids is 1. The van der Waals surface area contributed by atoms with Gasteiger partial charge in [0.2, 0.25) is 0 Å². The molecule has 11 heteroatoms. The van der Waals surface area contributed by atoms with Crippen LogP contribution < -0.4 is 10.8 Å². The molecular weight excluding hydrogens is 430 g/mol. The third kappa shape index (κ3) is 5.15. The molecule has 0 spiro atoms. The number of ether oxygens (including phenoxy) is 1. The number of hydrogen-bond acceptors (Lipinski definition) is 7. The zero-order valence-electron chi connectivity index (χ0n) is 17.4. The lowest BCUT2D eigenvalue weighted by Gasteiger charge is -2.14. The standard InChI is InChI=1S/C22H21N5O6/c28-20(29)13-33-25-21(30)19-11-27(26-24-19)10-9-23-22(31)32-12-18-16-7-3-1-5-14(16)15-6-2-4-8-17(15)18/h1-8,11,18H,9-10,12-13H2,(H,23,31)(H,25,30)(H,28,29). The van der Waals surface area contributed by atoms with Crippen molar-refractivity contribution in [2.45, 2.75) is 12.5 Å². The number of aliphatic carboxylic acids is 1. The van der Waals surface area contributed by atoms with Crippen molar-refractivity contribution in [3.8, 4) is 11.1 Å². The fraction of sp³-hybridized carbons (Fsp3) is 0.227. The van der Waals surface area contributed by atoms with Crippen LogP contribution in [-0.4, -0.2) is 57.8 Å². The third-order valence-electron chi connectivity index (χ3n) is 5.09. The molecule has 0 fully saturated rings. The lowest BCUT2D eigenvalue weighted by Crippen LogP contribution is -2.29. The number of nitrogens with one attached hydrogen (secondary N) is 2. The average molecular weight is 451 g/mol. The minimum Gasteiger partial charge on any atom is -0.479 e. The molecule has 2 amide bonds. The molecule has 0 atom stereocenters. The van der Waals surface area contributed by atoms with Gasteiger partial charge in [-0.2, -0.15) is 0 Å². The maximum Gasteiger partial charge on any atom is 0.407 e. The van der Waals surface area contributed by atoms with Gasteiger partial charge in [0.05, 0.1) is 12.7 Å². The highest BCUT2D eigenvalue weighted by Crippen LogP contribution is 2.44. The van der Waals surface area contributed by atoms with E-state index in [1.54, 1.807) is 0 Å². The number of rotatable bonds is 9. The van der Waals surface area contributed by atoms with E-state index in [0.29, 0.717) is 0 Å². The molecule has 0 saturated heterocycles. The van der Waals surface area contributed by atoms with Crippen molar-refractivity contribution in [1.29, 1.82) is 0 Å². The number of hydrogen-bond donors (Lipinski definition) is 3. The number of alkyl carbamates (subject to hydrolysis) is 1. The van der Waals surface area contributed by atoms with Gasteiger partial charge in [0, 0.05) is 12.5 Å². The molecule has 1 aromatic heterocycles. The first kappa shape index (κ1) is 22.0. The van der Waals surface area contributed by atoms with Crippen LogP contribution in [0.3, 0.4) is 0 Å². The van der Waals surface area contributed by atoms with Crippen molar-refractivity contribution < 1.29 is 29.1 Å². The van der Waals surface area contributed by atoms with E-state index >= 15 is 0 Å². The highest BCUT2D eigenvalue weighted by atomic mass is 16.7.